The molecule has 0 aromatic carbocycles. The van der Waals surface area contributed by atoms with Gasteiger partial charge in [-0.3, -0.25) is 9.80 Å². The van der Waals surface area contributed by atoms with Gasteiger partial charge in [-0.1, -0.05) is 0 Å². The molecule has 0 unspecified atom stereocenters. The van der Waals surface area contributed by atoms with E-state index in [9.17, 15) is 39.6 Å². The van der Waals surface area contributed by atoms with Crippen molar-refractivity contribution in [2.45, 2.75) is 0 Å². The number of aliphatic carboxylic acids is 4. The molecule has 0 bridgehead atoms. The van der Waals surface area contributed by atoms with E-state index in [1.807, 2.05) is 0 Å². The third-order valence-corrected chi connectivity index (χ3v) is 2.14. The summed E-state index contributed by atoms with van der Waals surface area (Å²) in [6.45, 7) is -3.25. The van der Waals surface area contributed by atoms with Crippen molar-refractivity contribution in [3.63, 3.8) is 0 Å². The van der Waals surface area contributed by atoms with Crippen molar-refractivity contribution in [2.75, 3.05) is 39.3 Å². The van der Waals surface area contributed by atoms with Crippen LogP contribution in [0, 0.1) is 10.1 Å². The molecule has 0 aliphatic carbocycles. The molecule has 0 radical (unpaired) electrons. The summed E-state index contributed by atoms with van der Waals surface area (Å²) < 4.78 is 0. The quantitative estimate of drug-likeness (QED) is 0.182. The van der Waals surface area contributed by atoms with Gasteiger partial charge in [-0.15, -0.1) is 10.1 Å². The molecule has 0 aliphatic heterocycles. The van der Waals surface area contributed by atoms with Gasteiger partial charge in [-0.05, 0) is 0 Å². The Bertz CT molecular complexity index is 405. The minimum Gasteiger partial charge on any atom is -0.549 e. The van der Waals surface area contributed by atoms with Crippen LogP contribution < -0.4 is 20.4 Å². The summed E-state index contributed by atoms with van der Waals surface area (Å²) in [5, 5.41) is 55.3. The van der Waals surface area contributed by atoms with Crippen LogP contribution in [0.25, 0.3) is 0 Å². The maximum atomic E-state index is 10.4. The molecule has 0 rings (SSSR count). The molecule has 0 aromatic rings. The smallest absolute Gasteiger partial charge is 0.549 e. The predicted molar refractivity (Wildman–Crippen MR) is 73.2 cm³/mol. The topological polar surface area (TPSA) is 230 Å². The maximum Gasteiger partial charge on any atom is 2.00 e. The SMILES string of the molecule is O=C([O-])CN(CCN(CC(=O)[O-])CC(=O)[O-])CC(=O)[O-].O=[N+]([O-])O.[Ca+2].[Ca+2]. The molecule has 26 heavy (non-hydrogen) atoms. The van der Waals surface area contributed by atoms with Crippen LogP contribution in [0.1, 0.15) is 0 Å². The Balaban J connectivity index is -0.000000363. The van der Waals surface area contributed by atoms with E-state index in [1.54, 1.807) is 0 Å². The van der Waals surface area contributed by atoms with E-state index >= 15 is 0 Å². The summed E-state index contributed by atoms with van der Waals surface area (Å²) in [6, 6.07) is 0. The van der Waals surface area contributed by atoms with Gasteiger partial charge in [0.05, 0.1) is 23.9 Å². The summed E-state index contributed by atoms with van der Waals surface area (Å²) in [5.41, 5.74) is 0. The molecule has 0 spiro atoms. The molecule has 0 atom stereocenters. The summed E-state index contributed by atoms with van der Waals surface area (Å²) >= 11 is 0. The second-order valence-corrected chi connectivity index (χ2v) is 4.15. The van der Waals surface area contributed by atoms with E-state index in [0.29, 0.717) is 0 Å². The molecule has 0 amide bonds. The van der Waals surface area contributed by atoms with Crippen LogP contribution in [0.3, 0.4) is 0 Å². The molecule has 1 N–H and O–H groups in total. The summed E-state index contributed by atoms with van der Waals surface area (Å²) in [4.78, 5) is 51.8. The van der Waals surface area contributed by atoms with Crippen molar-refractivity contribution in [1.82, 2.24) is 9.80 Å². The van der Waals surface area contributed by atoms with Crippen molar-refractivity contribution >= 4 is 99.4 Å². The Labute approximate surface area is 206 Å². The molecule has 0 saturated carbocycles. The maximum absolute atomic E-state index is 10.4. The fourth-order valence-corrected chi connectivity index (χ4v) is 1.44. The van der Waals surface area contributed by atoms with Crippen molar-refractivity contribution in [3.8, 4) is 0 Å². The Morgan fingerprint density at radius 2 is 0.846 bits per heavy atom. The molecule has 14 nitrogen and oxygen atoms in total. The van der Waals surface area contributed by atoms with Gasteiger partial charge in [0.2, 0.25) is 0 Å². The summed E-state index contributed by atoms with van der Waals surface area (Å²) in [6.07, 6.45) is 0. The average molecular weight is 431 g/mol. The van der Waals surface area contributed by atoms with Gasteiger partial charge in [0.1, 0.15) is 0 Å². The minimum absolute atomic E-state index is 0. The van der Waals surface area contributed by atoms with E-state index in [2.05, 4.69) is 0 Å². The van der Waals surface area contributed by atoms with Gasteiger partial charge < -0.3 is 44.8 Å². The van der Waals surface area contributed by atoms with Crippen molar-refractivity contribution < 1.29 is 49.9 Å². The molecule has 16 heteroatoms. The van der Waals surface area contributed by atoms with E-state index in [1.165, 1.54) is 0 Å². The normalized spacial score (nSPS) is 9.15. The van der Waals surface area contributed by atoms with Gasteiger partial charge >= 0.3 is 75.5 Å². The Kier molecular flexibility index (Phi) is 24.6. The Morgan fingerprint density at radius 1 is 0.692 bits per heavy atom. The molecule has 0 aliphatic rings. The molecule has 0 aromatic heterocycles. The molecular weight excluding hydrogens is 418 g/mol. The van der Waals surface area contributed by atoms with E-state index in [-0.39, 0.29) is 88.6 Å². The summed E-state index contributed by atoms with van der Waals surface area (Å²) in [7, 11) is 0. The largest absolute Gasteiger partial charge is 2.00 e. The number of carbonyl (C=O) groups excluding carboxylic acids is 4. The van der Waals surface area contributed by atoms with Gasteiger partial charge in [0.15, 0.2) is 0 Å². The van der Waals surface area contributed by atoms with Gasteiger partial charge in [0.25, 0.3) is 5.09 Å². The zero-order chi connectivity index (χ0) is 19.3. The first-order chi connectivity index (χ1) is 10.9. The fraction of sp³-hybridized carbons (Fsp3) is 0.600. The van der Waals surface area contributed by atoms with Crippen molar-refractivity contribution in [1.29, 1.82) is 0 Å². The van der Waals surface area contributed by atoms with Crippen LogP contribution in [-0.2, 0) is 19.2 Å². The van der Waals surface area contributed by atoms with Crippen LogP contribution >= 0.6 is 0 Å². The molecule has 138 valence electrons. The van der Waals surface area contributed by atoms with E-state index in [4.69, 9.17) is 15.3 Å². The number of carboxylic acid groups (broad SMARTS) is 4. The number of hydrogen-bond acceptors (Lipinski definition) is 12. The third-order valence-electron chi connectivity index (χ3n) is 2.14. The number of hydrogen-bond donors (Lipinski definition) is 1. The molecular formula is C10H13Ca2N3O11. The van der Waals surface area contributed by atoms with Crippen LogP contribution in [0.2, 0.25) is 0 Å². The first-order valence-corrected chi connectivity index (χ1v) is 6.01. The standard InChI is InChI=1S/C10H16N2O8.2Ca.HNO3/c13-7(14)3-11(4-8(15)16)1-2-12(5-9(17)18)6-10(19)20;;;2-1(3)4/h1-6H2,(H,13,14)(H,15,16)(H,17,18)(H,19,20);;;(H,2,3,4)/q;2*+2;/p-4. The van der Waals surface area contributed by atoms with Crippen LogP contribution in [0.4, 0.5) is 0 Å². The van der Waals surface area contributed by atoms with Crippen molar-refractivity contribution in [3.05, 3.63) is 10.1 Å². The van der Waals surface area contributed by atoms with Crippen LogP contribution in [0.5, 0.6) is 0 Å². The summed E-state index contributed by atoms with van der Waals surface area (Å²) in [5.74, 6) is -6.12. The average Bonchev–Trinajstić information content (AvgIpc) is 2.32. The molecule has 0 heterocycles. The van der Waals surface area contributed by atoms with Crippen LogP contribution in [0.15, 0.2) is 0 Å². The Morgan fingerprint density at radius 3 is 0.962 bits per heavy atom. The third kappa shape index (κ3) is 28.3. The first-order valence-electron chi connectivity index (χ1n) is 6.01. The number of nitrogens with zero attached hydrogens (tertiary/aromatic N) is 3. The molecule has 0 fully saturated rings. The monoisotopic (exact) mass is 431 g/mol. The van der Waals surface area contributed by atoms with E-state index in [0.717, 1.165) is 9.80 Å². The molecule has 0 saturated heterocycles. The van der Waals surface area contributed by atoms with Gasteiger partial charge in [0, 0.05) is 39.3 Å². The Hall–Kier alpha value is -0.481. The number of rotatable bonds is 11. The van der Waals surface area contributed by atoms with Crippen molar-refractivity contribution in [2.24, 2.45) is 0 Å². The van der Waals surface area contributed by atoms with Gasteiger partial charge in [-0.2, -0.15) is 0 Å². The predicted octanol–water partition coefficient (Wildman–Crippen LogP) is -8.52. The second kappa shape index (κ2) is 19.3. The second-order valence-electron chi connectivity index (χ2n) is 4.15. The van der Waals surface area contributed by atoms with Crippen LogP contribution in [-0.4, -0.2) is 159 Å². The number of carbonyl (C=O) groups is 4. The van der Waals surface area contributed by atoms with Gasteiger partial charge in [-0.25, -0.2) is 0 Å². The minimum atomic E-state index is -1.53. The number of carboxylic acids is 4. The zero-order valence-corrected chi connectivity index (χ0v) is 17.9. The fourth-order valence-electron chi connectivity index (χ4n) is 1.44. The van der Waals surface area contributed by atoms with E-state index < -0.39 is 55.1 Å². The first kappa shape index (κ1) is 33.1. The zero-order valence-electron chi connectivity index (χ0n) is 13.5.